The molecular weight excluding hydrogens is 474 g/mol. The molecule has 2 aromatic carbocycles. The fourth-order valence-corrected chi connectivity index (χ4v) is 4.08. The van der Waals surface area contributed by atoms with Crippen LogP contribution >= 0.6 is 0 Å². The topological polar surface area (TPSA) is 131 Å². The molecule has 1 aliphatic heterocycles. The highest BCUT2D eigenvalue weighted by Gasteiger charge is 2.38. The molecule has 5 atom stereocenters. The number of hydrogen-bond donors (Lipinski definition) is 5. The van der Waals surface area contributed by atoms with E-state index in [1.807, 2.05) is 74.2 Å². The lowest BCUT2D eigenvalue weighted by Gasteiger charge is -2.30. The first-order valence-corrected chi connectivity index (χ1v) is 12.3. The summed E-state index contributed by atoms with van der Waals surface area (Å²) in [5.41, 5.74) is 2.21. The van der Waals surface area contributed by atoms with Crippen LogP contribution in [0.15, 0.2) is 66.7 Å². The number of ether oxygens (including phenoxy) is 1. The number of allylic oxidation sites excluding steroid dienone is 1. The van der Waals surface area contributed by atoms with Gasteiger partial charge >= 0.3 is 0 Å². The van der Waals surface area contributed by atoms with Crippen LogP contribution in [0.3, 0.4) is 0 Å². The standard InChI is InChI=1S/C28H37N3O6/c1-28(2,3)15-14-22(32)23(33)24(34)25(37-4)27(36)30-20-17-31(16-18-10-6-5-7-11-18)21-13-9-8-12-19(21)29-26(20)35/h5-15,20,22-25,32-34H,16-17H2,1-4H3,(H,29,35)(H,30,36)/t20-,22+,23-,24+,25+/m0/s1. The van der Waals surface area contributed by atoms with Crippen LogP contribution in [-0.2, 0) is 20.9 Å². The number of fused-ring (bicyclic) bond motifs is 1. The highest BCUT2D eigenvalue weighted by atomic mass is 16.5. The van der Waals surface area contributed by atoms with Crippen molar-refractivity contribution in [2.75, 3.05) is 23.9 Å². The van der Waals surface area contributed by atoms with Crippen molar-refractivity contribution in [2.45, 2.75) is 57.8 Å². The summed E-state index contributed by atoms with van der Waals surface area (Å²) in [6.07, 6.45) is -3.29. The molecule has 0 fully saturated rings. The summed E-state index contributed by atoms with van der Waals surface area (Å²) >= 11 is 0. The molecule has 2 aromatic rings. The van der Waals surface area contributed by atoms with Gasteiger partial charge < -0.3 is 35.6 Å². The number of hydrogen-bond acceptors (Lipinski definition) is 7. The number of carbonyl (C=O) groups is 2. The van der Waals surface area contributed by atoms with E-state index < -0.39 is 42.3 Å². The van der Waals surface area contributed by atoms with Gasteiger partial charge in [-0.25, -0.2) is 0 Å². The van der Waals surface area contributed by atoms with Gasteiger partial charge in [0.1, 0.15) is 24.4 Å². The second-order valence-corrected chi connectivity index (χ2v) is 10.3. The zero-order valence-electron chi connectivity index (χ0n) is 21.7. The number of rotatable bonds is 9. The Bertz CT molecular complexity index is 1080. The van der Waals surface area contributed by atoms with Crippen LogP contribution < -0.4 is 15.5 Å². The summed E-state index contributed by atoms with van der Waals surface area (Å²) in [5, 5.41) is 36.9. The van der Waals surface area contributed by atoms with Gasteiger partial charge in [0.05, 0.1) is 11.4 Å². The summed E-state index contributed by atoms with van der Waals surface area (Å²) in [7, 11) is 1.21. The number of aliphatic hydroxyl groups is 3. The van der Waals surface area contributed by atoms with Crippen LogP contribution in [0.5, 0.6) is 0 Å². The quantitative estimate of drug-likeness (QED) is 0.325. The average molecular weight is 512 g/mol. The molecule has 3 rings (SSSR count). The number of aliphatic hydroxyl groups excluding tert-OH is 3. The van der Waals surface area contributed by atoms with Gasteiger partial charge in [-0.3, -0.25) is 9.59 Å². The maximum atomic E-state index is 13.1. The lowest BCUT2D eigenvalue weighted by atomic mass is 9.94. The second-order valence-electron chi connectivity index (χ2n) is 10.3. The molecule has 1 heterocycles. The first-order chi connectivity index (χ1) is 17.5. The normalized spacial score (nSPS) is 19.4. The molecule has 0 unspecified atom stereocenters. The van der Waals surface area contributed by atoms with Crippen molar-refractivity contribution < 1.29 is 29.6 Å². The number of anilines is 2. The van der Waals surface area contributed by atoms with Crippen LogP contribution in [0.2, 0.25) is 0 Å². The van der Waals surface area contributed by atoms with Gasteiger partial charge in [-0.1, -0.05) is 75.4 Å². The minimum Gasteiger partial charge on any atom is -0.387 e. The highest BCUT2D eigenvalue weighted by molar-refractivity contribution is 6.01. The summed E-state index contributed by atoms with van der Waals surface area (Å²) in [5.74, 6) is -1.21. The van der Waals surface area contributed by atoms with Crippen molar-refractivity contribution in [3.05, 3.63) is 72.3 Å². The SMILES string of the molecule is CO[C@@H](C(=O)N[C@H]1CN(Cc2ccccc2)c2ccccc2NC1=O)[C@H](O)[C@@H](O)[C@H](O)C=CC(C)(C)C. The van der Waals surface area contributed by atoms with E-state index in [-0.39, 0.29) is 12.0 Å². The average Bonchev–Trinajstić information content (AvgIpc) is 2.98. The van der Waals surface area contributed by atoms with Gasteiger partial charge in [-0.15, -0.1) is 0 Å². The third-order valence-corrected chi connectivity index (χ3v) is 6.07. The molecule has 5 N–H and O–H groups in total. The smallest absolute Gasteiger partial charge is 0.252 e. The van der Waals surface area contributed by atoms with E-state index in [1.54, 1.807) is 12.1 Å². The number of nitrogens with one attached hydrogen (secondary N) is 2. The Morgan fingerprint density at radius 3 is 2.41 bits per heavy atom. The Kier molecular flexibility index (Phi) is 9.45. The Hall–Kier alpha value is -3.24. The van der Waals surface area contributed by atoms with Crippen molar-refractivity contribution in [3.63, 3.8) is 0 Å². The van der Waals surface area contributed by atoms with Crippen LogP contribution in [0.1, 0.15) is 26.3 Å². The molecule has 0 aliphatic carbocycles. The van der Waals surface area contributed by atoms with E-state index in [9.17, 15) is 24.9 Å². The number of amides is 2. The third-order valence-electron chi connectivity index (χ3n) is 6.07. The molecule has 9 heteroatoms. The largest absolute Gasteiger partial charge is 0.387 e. The fraction of sp³-hybridized carbons (Fsp3) is 0.429. The summed E-state index contributed by atoms with van der Waals surface area (Å²) in [4.78, 5) is 28.2. The van der Waals surface area contributed by atoms with Gasteiger partial charge in [0.15, 0.2) is 6.10 Å². The first kappa shape index (κ1) is 28.3. The van der Waals surface area contributed by atoms with Crippen molar-refractivity contribution in [2.24, 2.45) is 5.41 Å². The molecule has 0 saturated carbocycles. The molecule has 0 radical (unpaired) electrons. The third kappa shape index (κ3) is 7.62. The van der Waals surface area contributed by atoms with Gasteiger partial charge in [0, 0.05) is 20.2 Å². The minimum absolute atomic E-state index is 0.162. The van der Waals surface area contributed by atoms with E-state index in [2.05, 4.69) is 10.6 Å². The van der Waals surface area contributed by atoms with Crippen molar-refractivity contribution >= 4 is 23.2 Å². The lowest BCUT2D eigenvalue weighted by molar-refractivity contribution is -0.150. The van der Waals surface area contributed by atoms with Crippen LogP contribution in [0.4, 0.5) is 11.4 Å². The molecule has 37 heavy (non-hydrogen) atoms. The van der Waals surface area contributed by atoms with E-state index >= 15 is 0 Å². The number of carbonyl (C=O) groups excluding carboxylic acids is 2. The molecule has 0 bridgehead atoms. The Morgan fingerprint density at radius 2 is 1.76 bits per heavy atom. The highest BCUT2D eigenvalue weighted by Crippen LogP contribution is 2.30. The number of methoxy groups -OCH3 is 1. The van der Waals surface area contributed by atoms with E-state index in [1.165, 1.54) is 13.2 Å². The molecule has 2 amide bonds. The van der Waals surface area contributed by atoms with Gasteiger partial charge in [0.2, 0.25) is 5.91 Å². The van der Waals surface area contributed by atoms with Gasteiger partial charge in [0.25, 0.3) is 5.91 Å². The monoisotopic (exact) mass is 511 g/mol. The predicted octanol–water partition coefficient (Wildman–Crippen LogP) is 1.83. The van der Waals surface area contributed by atoms with Crippen molar-refractivity contribution in [1.29, 1.82) is 0 Å². The zero-order chi connectivity index (χ0) is 27.2. The number of para-hydroxylation sites is 2. The lowest BCUT2D eigenvalue weighted by Crippen LogP contribution is -2.56. The summed E-state index contributed by atoms with van der Waals surface area (Å²) < 4.78 is 5.18. The maximum Gasteiger partial charge on any atom is 0.252 e. The molecule has 9 nitrogen and oxygen atoms in total. The Labute approximate surface area is 217 Å². The maximum absolute atomic E-state index is 13.1. The molecular formula is C28H37N3O6. The zero-order valence-corrected chi connectivity index (χ0v) is 21.7. The number of benzene rings is 2. The van der Waals surface area contributed by atoms with Crippen molar-refractivity contribution in [3.8, 4) is 0 Å². The minimum atomic E-state index is -1.74. The summed E-state index contributed by atoms with van der Waals surface area (Å²) in [6, 6.07) is 16.2. The van der Waals surface area contributed by atoms with Crippen LogP contribution in [0.25, 0.3) is 0 Å². The van der Waals surface area contributed by atoms with Gasteiger partial charge in [-0.2, -0.15) is 0 Å². The van der Waals surface area contributed by atoms with E-state index in [0.29, 0.717) is 12.2 Å². The summed E-state index contributed by atoms with van der Waals surface area (Å²) in [6.45, 7) is 6.42. The van der Waals surface area contributed by atoms with Gasteiger partial charge in [-0.05, 0) is 23.1 Å². The molecule has 0 saturated heterocycles. The van der Waals surface area contributed by atoms with Crippen LogP contribution in [0, 0.1) is 5.41 Å². The molecule has 0 aromatic heterocycles. The first-order valence-electron chi connectivity index (χ1n) is 12.3. The number of nitrogens with zero attached hydrogens (tertiary/aromatic N) is 1. The molecule has 200 valence electrons. The molecule has 1 aliphatic rings. The van der Waals surface area contributed by atoms with Crippen LogP contribution in [-0.4, -0.2) is 71.2 Å². The second kappa shape index (κ2) is 12.3. The fourth-order valence-electron chi connectivity index (χ4n) is 4.08. The Morgan fingerprint density at radius 1 is 1.11 bits per heavy atom. The molecule has 0 spiro atoms. The predicted molar refractivity (Wildman–Crippen MR) is 142 cm³/mol. The van der Waals surface area contributed by atoms with E-state index in [0.717, 1.165) is 11.3 Å². The Balaban J connectivity index is 1.76. The van der Waals surface area contributed by atoms with Crippen molar-refractivity contribution in [1.82, 2.24) is 5.32 Å². The van der Waals surface area contributed by atoms with E-state index in [4.69, 9.17) is 4.74 Å².